The second kappa shape index (κ2) is 9.16. The summed E-state index contributed by atoms with van der Waals surface area (Å²) < 4.78 is 0. The summed E-state index contributed by atoms with van der Waals surface area (Å²) in [6, 6.07) is 14.9. The number of nitrogens with zero attached hydrogens (tertiary/aromatic N) is 1. The number of Topliss-reactive ketones (excluding diaryl/α,β-unsaturated/α-hetero) is 1. The maximum atomic E-state index is 13.6. The van der Waals surface area contributed by atoms with E-state index in [0.29, 0.717) is 6.42 Å². The van der Waals surface area contributed by atoms with Crippen LogP contribution in [0.1, 0.15) is 44.2 Å². The van der Waals surface area contributed by atoms with E-state index in [1.54, 1.807) is 0 Å². The molecule has 31 heavy (non-hydrogen) atoms. The number of allylic oxidation sites excluding steroid dienone is 2. The molecule has 1 fully saturated rings. The summed E-state index contributed by atoms with van der Waals surface area (Å²) in [7, 11) is 0. The minimum atomic E-state index is -0.935. The van der Waals surface area contributed by atoms with E-state index in [0.717, 1.165) is 19.5 Å². The molecule has 2 aromatic carbocycles. The highest BCUT2D eigenvalue weighted by molar-refractivity contribution is 5.93. The Balaban J connectivity index is 1.80. The highest BCUT2D eigenvalue weighted by atomic mass is 16.4. The van der Waals surface area contributed by atoms with Gasteiger partial charge in [0.2, 0.25) is 0 Å². The molecule has 1 aliphatic carbocycles. The van der Waals surface area contributed by atoms with Crippen LogP contribution in [0.3, 0.4) is 0 Å². The Hall–Kier alpha value is -2.76. The van der Waals surface area contributed by atoms with Gasteiger partial charge in [-0.15, -0.1) is 0 Å². The number of fused-ring (bicyclic) bond motifs is 1. The Morgan fingerprint density at radius 3 is 2.68 bits per heavy atom. The van der Waals surface area contributed by atoms with E-state index >= 15 is 0 Å². The van der Waals surface area contributed by atoms with Gasteiger partial charge in [-0.1, -0.05) is 66.8 Å². The van der Waals surface area contributed by atoms with Gasteiger partial charge in [-0.3, -0.25) is 14.5 Å². The average Bonchev–Trinajstić information content (AvgIpc) is 3.32. The van der Waals surface area contributed by atoms with E-state index in [4.69, 9.17) is 0 Å². The second-order valence-corrected chi connectivity index (χ2v) is 8.53. The zero-order valence-electron chi connectivity index (χ0n) is 18.0. The van der Waals surface area contributed by atoms with E-state index in [9.17, 15) is 14.7 Å². The topological polar surface area (TPSA) is 69.6 Å². The number of carbonyl (C=O) groups is 2. The lowest BCUT2D eigenvalue weighted by Gasteiger charge is -2.48. The lowest BCUT2D eigenvalue weighted by atomic mass is 9.79. The van der Waals surface area contributed by atoms with Crippen LogP contribution in [-0.2, 0) is 9.59 Å². The van der Waals surface area contributed by atoms with Gasteiger partial charge in [0.25, 0.3) is 0 Å². The van der Waals surface area contributed by atoms with Crippen molar-refractivity contribution in [2.75, 3.05) is 13.1 Å². The van der Waals surface area contributed by atoms with Gasteiger partial charge < -0.3 is 10.4 Å². The molecule has 5 nitrogen and oxygen atoms in total. The maximum absolute atomic E-state index is 13.6. The van der Waals surface area contributed by atoms with Gasteiger partial charge >= 0.3 is 5.97 Å². The van der Waals surface area contributed by atoms with Crippen molar-refractivity contribution >= 4 is 22.5 Å². The third-order valence-electron chi connectivity index (χ3n) is 6.68. The smallest absolute Gasteiger partial charge is 0.303 e. The maximum Gasteiger partial charge on any atom is 0.303 e. The van der Waals surface area contributed by atoms with Crippen LogP contribution >= 0.6 is 0 Å². The normalized spacial score (nSPS) is 24.0. The summed E-state index contributed by atoms with van der Waals surface area (Å²) in [6.07, 6.45) is 9.35. The second-order valence-electron chi connectivity index (χ2n) is 8.53. The fraction of sp³-hybridized carbons (Fsp3) is 0.385. The van der Waals surface area contributed by atoms with Crippen LogP contribution in [0.2, 0.25) is 0 Å². The van der Waals surface area contributed by atoms with Crippen molar-refractivity contribution in [3.05, 3.63) is 72.3 Å². The molecule has 162 valence electrons. The van der Waals surface area contributed by atoms with Gasteiger partial charge in [-0.05, 0) is 42.6 Å². The number of hydrogen-bond donors (Lipinski definition) is 2. The zero-order chi connectivity index (χ0) is 21.8. The summed E-state index contributed by atoms with van der Waals surface area (Å²) in [5.41, 5.74) is 0.357. The predicted molar refractivity (Wildman–Crippen MR) is 123 cm³/mol. The first-order valence-corrected chi connectivity index (χ1v) is 11.1. The van der Waals surface area contributed by atoms with Crippen molar-refractivity contribution in [1.82, 2.24) is 10.2 Å². The van der Waals surface area contributed by atoms with Crippen molar-refractivity contribution in [3.8, 4) is 0 Å². The predicted octanol–water partition coefficient (Wildman–Crippen LogP) is 4.25. The largest absolute Gasteiger partial charge is 0.481 e. The lowest BCUT2D eigenvalue weighted by Crippen LogP contribution is -2.59. The van der Waals surface area contributed by atoms with Crippen LogP contribution in [0.4, 0.5) is 0 Å². The van der Waals surface area contributed by atoms with Crippen LogP contribution < -0.4 is 5.32 Å². The number of carbonyl (C=O) groups excluding carboxylic acids is 1. The Morgan fingerprint density at radius 1 is 1.16 bits per heavy atom. The first kappa shape index (κ1) is 21.5. The SMILES string of the molecule is C[C@H](c1cccc2ccccc12)N([C@H]1CCNC1)C1(C(=O)CCC(=O)O)C=CC=CC1. The van der Waals surface area contributed by atoms with Gasteiger partial charge in [-0.25, -0.2) is 0 Å². The van der Waals surface area contributed by atoms with Gasteiger partial charge in [0.15, 0.2) is 5.78 Å². The van der Waals surface area contributed by atoms with E-state index < -0.39 is 11.5 Å². The molecule has 0 spiro atoms. The first-order valence-electron chi connectivity index (χ1n) is 11.1. The van der Waals surface area contributed by atoms with E-state index in [1.807, 2.05) is 30.4 Å². The fourth-order valence-corrected chi connectivity index (χ4v) is 5.22. The van der Waals surface area contributed by atoms with Crippen LogP contribution in [0.15, 0.2) is 66.8 Å². The van der Waals surface area contributed by atoms with Crippen molar-refractivity contribution in [2.24, 2.45) is 0 Å². The summed E-state index contributed by atoms with van der Waals surface area (Å²) in [4.78, 5) is 27.2. The molecule has 4 rings (SSSR count). The number of rotatable bonds is 8. The third-order valence-corrected chi connectivity index (χ3v) is 6.68. The van der Waals surface area contributed by atoms with E-state index in [1.165, 1.54) is 16.3 Å². The van der Waals surface area contributed by atoms with Crippen molar-refractivity contribution < 1.29 is 14.7 Å². The Labute approximate surface area is 183 Å². The molecule has 0 aromatic heterocycles. The molecule has 2 aliphatic rings. The standard InChI is InChI=1S/C26H30N2O3/c1-19(22-11-7-9-20-8-3-4-10-23(20)22)28(21-14-17-27-18-21)26(15-5-2-6-16-26)24(29)12-13-25(30)31/h2-11,15,19,21,27H,12-14,16-18H2,1H3,(H,30,31)/t19-,21+,26?/m1/s1. The minimum Gasteiger partial charge on any atom is -0.481 e. The number of nitrogens with one attached hydrogen (secondary N) is 1. The quantitative estimate of drug-likeness (QED) is 0.671. The number of hydrogen-bond acceptors (Lipinski definition) is 4. The van der Waals surface area contributed by atoms with Crippen molar-refractivity contribution in [2.45, 2.75) is 50.2 Å². The first-order chi connectivity index (χ1) is 15.0. The molecule has 0 radical (unpaired) electrons. The molecule has 1 heterocycles. The molecule has 5 heteroatoms. The van der Waals surface area contributed by atoms with Gasteiger partial charge in [-0.2, -0.15) is 0 Å². The van der Waals surface area contributed by atoms with Gasteiger partial charge in [0, 0.05) is 25.0 Å². The molecule has 3 atom stereocenters. The third kappa shape index (κ3) is 4.21. The molecule has 0 bridgehead atoms. The van der Waals surface area contributed by atoms with Gasteiger partial charge in [0.1, 0.15) is 5.54 Å². The monoisotopic (exact) mass is 418 g/mol. The number of aliphatic carboxylic acids is 1. The molecule has 1 unspecified atom stereocenters. The Kier molecular flexibility index (Phi) is 6.35. The average molecular weight is 419 g/mol. The highest BCUT2D eigenvalue weighted by Gasteiger charge is 2.47. The highest BCUT2D eigenvalue weighted by Crippen LogP contribution is 2.40. The fourth-order valence-electron chi connectivity index (χ4n) is 5.22. The number of carboxylic acid groups (broad SMARTS) is 1. The molecular formula is C26H30N2O3. The summed E-state index contributed by atoms with van der Waals surface area (Å²) in [6.45, 7) is 3.92. The van der Waals surface area contributed by atoms with Crippen molar-refractivity contribution in [1.29, 1.82) is 0 Å². The van der Waals surface area contributed by atoms with Crippen LogP contribution in [-0.4, -0.2) is 46.4 Å². The summed E-state index contributed by atoms with van der Waals surface area (Å²) >= 11 is 0. The molecular weight excluding hydrogens is 388 g/mol. The van der Waals surface area contributed by atoms with Crippen LogP contribution in [0.25, 0.3) is 10.8 Å². The minimum absolute atomic E-state index is 0.0130. The number of ketones is 1. The van der Waals surface area contributed by atoms with Crippen molar-refractivity contribution in [3.63, 3.8) is 0 Å². The van der Waals surface area contributed by atoms with Crippen LogP contribution in [0.5, 0.6) is 0 Å². The Morgan fingerprint density at radius 2 is 1.97 bits per heavy atom. The summed E-state index contributed by atoms with van der Waals surface area (Å²) in [5.74, 6) is -0.954. The van der Waals surface area contributed by atoms with E-state index in [2.05, 4.69) is 53.5 Å². The molecule has 0 amide bonds. The summed E-state index contributed by atoms with van der Waals surface area (Å²) in [5, 5.41) is 15.0. The molecule has 1 aliphatic heterocycles. The molecule has 0 saturated carbocycles. The van der Waals surface area contributed by atoms with Crippen LogP contribution in [0, 0.1) is 0 Å². The van der Waals surface area contributed by atoms with E-state index in [-0.39, 0.29) is 30.7 Å². The molecule has 1 saturated heterocycles. The van der Waals surface area contributed by atoms with Gasteiger partial charge in [0.05, 0.1) is 6.42 Å². The zero-order valence-corrected chi connectivity index (χ0v) is 18.0. The number of carboxylic acids is 1. The molecule has 2 aromatic rings. The number of benzene rings is 2. The Bertz CT molecular complexity index is 1020. The lowest BCUT2D eigenvalue weighted by molar-refractivity contribution is -0.140. The molecule has 2 N–H and O–H groups in total.